The molecule has 0 aliphatic carbocycles. The lowest BCUT2D eigenvalue weighted by molar-refractivity contribution is -0.150. The van der Waals surface area contributed by atoms with Gasteiger partial charge in [-0.25, -0.2) is 0 Å². The maximum atomic E-state index is 12.7. The van der Waals surface area contributed by atoms with E-state index >= 15 is 0 Å². The monoisotopic (exact) mass is 326 g/mol. The minimum absolute atomic E-state index is 0.0552. The Morgan fingerprint density at radius 2 is 1.75 bits per heavy atom. The van der Waals surface area contributed by atoms with E-state index in [4.69, 9.17) is 14.2 Å². The fourth-order valence-corrected chi connectivity index (χ4v) is 3.19. The molecule has 24 heavy (non-hydrogen) atoms. The van der Waals surface area contributed by atoms with Gasteiger partial charge in [0.2, 0.25) is 0 Å². The second-order valence-electron chi connectivity index (χ2n) is 5.65. The normalized spacial score (nSPS) is 22.8. The number of benzene rings is 2. The van der Waals surface area contributed by atoms with Gasteiger partial charge in [0.05, 0.1) is 20.6 Å². The molecule has 124 valence electrons. The molecule has 2 atom stereocenters. The van der Waals surface area contributed by atoms with Crippen LogP contribution in [0.15, 0.2) is 54.6 Å². The highest BCUT2D eigenvalue weighted by Gasteiger charge is 2.57. The predicted octanol–water partition coefficient (Wildman–Crippen LogP) is 2.79. The van der Waals surface area contributed by atoms with Crippen LogP contribution < -0.4 is 4.74 Å². The van der Waals surface area contributed by atoms with Crippen LogP contribution in [0.5, 0.6) is 5.75 Å². The molecule has 3 rings (SSSR count). The second kappa shape index (κ2) is 6.35. The SMILES string of the molecule is COC(=O)[C@@]1(c2ccccc2)CC(=O)O[C@H]1c1ccc(OC)cc1. The zero-order valence-corrected chi connectivity index (χ0v) is 13.5. The molecule has 2 aromatic rings. The second-order valence-corrected chi connectivity index (χ2v) is 5.65. The summed E-state index contributed by atoms with van der Waals surface area (Å²) in [6, 6.07) is 16.3. The van der Waals surface area contributed by atoms with Crippen molar-refractivity contribution in [3.05, 3.63) is 65.7 Å². The number of rotatable bonds is 4. The van der Waals surface area contributed by atoms with E-state index in [1.165, 1.54) is 7.11 Å². The molecule has 0 N–H and O–H groups in total. The molecule has 5 heteroatoms. The average Bonchev–Trinajstić information content (AvgIpc) is 3.00. The standard InChI is InChI=1S/C19H18O5/c1-22-15-10-8-13(9-11-15)17-19(18(21)23-2,12-16(20)24-17)14-6-4-3-5-7-14/h3-11,17H,12H2,1-2H3/t17-,19+/m0/s1. The first-order valence-corrected chi connectivity index (χ1v) is 7.59. The Bertz CT molecular complexity index is 738. The molecule has 0 bridgehead atoms. The van der Waals surface area contributed by atoms with Gasteiger partial charge in [0.25, 0.3) is 0 Å². The van der Waals surface area contributed by atoms with Gasteiger partial charge in [-0.3, -0.25) is 9.59 Å². The van der Waals surface area contributed by atoms with Crippen LogP contribution >= 0.6 is 0 Å². The van der Waals surface area contributed by atoms with Crippen LogP contribution in [0.3, 0.4) is 0 Å². The summed E-state index contributed by atoms with van der Waals surface area (Å²) in [7, 11) is 2.90. The van der Waals surface area contributed by atoms with Gasteiger partial charge in [0.1, 0.15) is 17.3 Å². The van der Waals surface area contributed by atoms with Crippen LogP contribution in [-0.4, -0.2) is 26.2 Å². The molecule has 0 amide bonds. The van der Waals surface area contributed by atoms with Crippen molar-refractivity contribution in [1.29, 1.82) is 0 Å². The summed E-state index contributed by atoms with van der Waals surface area (Å²) in [4.78, 5) is 24.8. The number of cyclic esters (lactones) is 1. The zero-order valence-electron chi connectivity index (χ0n) is 13.5. The Labute approximate surface area is 140 Å². The van der Waals surface area contributed by atoms with Gasteiger partial charge in [0.15, 0.2) is 0 Å². The van der Waals surface area contributed by atoms with Crippen molar-refractivity contribution in [2.24, 2.45) is 0 Å². The van der Waals surface area contributed by atoms with E-state index in [2.05, 4.69) is 0 Å². The van der Waals surface area contributed by atoms with Gasteiger partial charge < -0.3 is 14.2 Å². The summed E-state index contributed by atoms with van der Waals surface area (Å²) < 4.78 is 15.7. The molecule has 0 spiro atoms. The number of ether oxygens (including phenoxy) is 3. The van der Waals surface area contributed by atoms with Crippen LogP contribution in [0.25, 0.3) is 0 Å². The molecule has 1 aliphatic heterocycles. The Balaban J connectivity index is 2.14. The van der Waals surface area contributed by atoms with Crippen molar-refractivity contribution in [3.63, 3.8) is 0 Å². The number of hydrogen-bond acceptors (Lipinski definition) is 5. The third kappa shape index (κ3) is 2.52. The van der Waals surface area contributed by atoms with Gasteiger partial charge in [-0.15, -0.1) is 0 Å². The quantitative estimate of drug-likeness (QED) is 0.809. The van der Waals surface area contributed by atoms with E-state index in [-0.39, 0.29) is 6.42 Å². The maximum absolute atomic E-state index is 12.7. The summed E-state index contributed by atoms with van der Waals surface area (Å²) in [5.74, 6) is -0.225. The Hall–Kier alpha value is -2.82. The lowest BCUT2D eigenvalue weighted by Crippen LogP contribution is -2.39. The largest absolute Gasteiger partial charge is 0.497 e. The highest BCUT2D eigenvalue weighted by atomic mass is 16.6. The van der Waals surface area contributed by atoms with Gasteiger partial charge in [-0.2, -0.15) is 0 Å². The number of methoxy groups -OCH3 is 2. The van der Waals surface area contributed by atoms with Crippen molar-refractivity contribution >= 4 is 11.9 Å². The topological polar surface area (TPSA) is 61.8 Å². The molecule has 1 heterocycles. The van der Waals surface area contributed by atoms with Crippen molar-refractivity contribution in [1.82, 2.24) is 0 Å². The predicted molar refractivity (Wildman–Crippen MR) is 86.6 cm³/mol. The van der Waals surface area contributed by atoms with Crippen molar-refractivity contribution in [2.75, 3.05) is 14.2 Å². The Morgan fingerprint density at radius 3 is 2.33 bits per heavy atom. The highest BCUT2D eigenvalue weighted by molar-refractivity contribution is 5.92. The first-order chi connectivity index (χ1) is 11.6. The molecule has 0 aromatic heterocycles. The maximum Gasteiger partial charge on any atom is 0.321 e. The minimum atomic E-state index is -1.19. The van der Waals surface area contributed by atoms with Crippen molar-refractivity contribution in [3.8, 4) is 5.75 Å². The zero-order chi connectivity index (χ0) is 17.2. The van der Waals surface area contributed by atoms with Gasteiger partial charge in [-0.05, 0) is 23.3 Å². The number of hydrogen-bond donors (Lipinski definition) is 0. The summed E-state index contributed by atoms with van der Waals surface area (Å²) in [5.41, 5.74) is 0.223. The van der Waals surface area contributed by atoms with Crippen LogP contribution in [0.1, 0.15) is 23.7 Å². The van der Waals surface area contributed by atoms with E-state index in [0.29, 0.717) is 11.3 Å². The molecular weight excluding hydrogens is 308 g/mol. The van der Waals surface area contributed by atoms with Crippen LogP contribution in [0.2, 0.25) is 0 Å². The van der Waals surface area contributed by atoms with Crippen molar-refractivity contribution in [2.45, 2.75) is 17.9 Å². The number of carbonyl (C=O) groups excluding carboxylic acids is 2. The molecule has 2 aromatic carbocycles. The van der Waals surface area contributed by atoms with Crippen LogP contribution in [-0.2, 0) is 24.5 Å². The van der Waals surface area contributed by atoms with E-state index in [9.17, 15) is 9.59 Å². The number of carbonyl (C=O) groups is 2. The van der Waals surface area contributed by atoms with Gasteiger partial charge in [0, 0.05) is 0 Å². The first kappa shape index (κ1) is 16.1. The smallest absolute Gasteiger partial charge is 0.321 e. The van der Waals surface area contributed by atoms with Crippen LogP contribution in [0, 0.1) is 0 Å². The summed E-state index contributed by atoms with van der Waals surface area (Å²) in [6.45, 7) is 0. The fourth-order valence-electron chi connectivity index (χ4n) is 3.19. The molecule has 5 nitrogen and oxygen atoms in total. The molecule has 0 radical (unpaired) electrons. The molecule has 1 aliphatic rings. The summed E-state index contributed by atoms with van der Waals surface area (Å²) in [6.07, 6.45) is -0.800. The van der Waals surface area contributed by atoms with E-state index in [0.717, 1.165) is 5.56 Å². The lowest BCUT2D eigenvalue weighted by atomic mass is 9.72. The molecular formula is C19H18O5. The van der Waals surface area contributed by atoms with E-state index in [1.807, 2.05) is 30.3 Å². The molecule has 1 fully saturated rings. The molecule has 0 saturated carbocycles. The van der Waals surface area contributed by atoms with Gasteiger partial charge >= 0.3 is 11.9 Å². The summed E-state index contributed by atoms with van der Waals surface area (Å²) >= 11 is 0. The first-order valence-electron chi connectivity index (χ1n) is 7.59. The lowest BCUT2D eigenvalue weighted by Gasteiger charge is -2.30. The third-order valence-electron chi connectivity index (χ3n) is 4.38. The van der Waals surface area contributed by atoms with Gasteiger partial charge in [-0.1, -0.05) is 42.5 Å². The third-order valence-corrected chi connectivity index (χ3v) is 4.38. The molecule has 0 unspecified atom stereocenters. The number of esters is 2. The van der Waals surface area contributed by atoms with Crippen LogP contribution in [0.4, 0.5) is 0 Å². The van der Waals surface area contributed by atoms with E-state index in [1.54, 1.807) is 31.4 Å². The Kier molecular flexibility index (Phi) is 4.25. The minimum Gasteiger partial charge on any atom is -0.497 e. The summed E-state index contributed by atoms with van der Waals surface area (Å²) in [5, 5.41) is 0. The van der Waals surface area contributed by atoms with E-state index < -0.39 is 23.5 Å². The highest BCUT2D eigenvalue weighted by Crippen LogP contribution is 2.49. The Morgan fingerprint density at radius 1 is 1.08 bits per heavy atom. The average molecular weight is 326 g/mol. The van der Waals surface area contributed by atoms with Crippen molar-refractivity contribution < 1.29 is 23.8 Å². The molecule has 1 saturated heterocycles. The fraction of sp³-hybridized carbons (Fsp3) is 0.263.